The standard InChI is InChI=1S/C22H20F2N6O2/c1-31-17-6-2-5-16-19(17)28-21(20(23)24)30(16)22-26-15(14-4-3-7-25-13-14)12-18(27-22)29-8-10-32-11-9-29/h2-7,12-13,20H,8-11H2,1H3. The van der Waals surface area contributed by atoms with Crippen molar-refractivity contribution < 1.29 is 18.3 Å². The number of aromatic nitrogens is 5. The summed E-state index contributed by atoms with van der Waals surface area (Å²) in [5, 5.41) is 0. The SMILES string of the molecule is COc1cccc2c1nc(C(F)F)n2-c1nc(-c2cccnc2)cc(N2CCOCC2)n1. The van der Waals surface area contributed by atoms with E-state index in [0.717, 1.165) is 5.56 Å². The van der Waals surface area contributed by atoms with E-state index in [2.05, 4.69) is 24.8 Å². The smallest absolute Gasteiger partial charge is 0.296 e. The first-order valence-electron chi connectivity index (χ1n) is 10.1. The van der Waals surface area contributed by atoms with Crippen molar-refractivity contribution in [3.05, 3.63) is 54.6 Å². The molecule has 1 aliphatic heterocycles. The molecule has 0 unspecified atom stereocenters. The first-order chi connectivity index (χ1) is 15.7. The molecule has 10 heteroatoms. The Kier molecular flexibility index (Phi) is 5.36. The number of morpholine rings is 1. The number of nitrogens with zero attached hydrogens (tertiary/aromatic N) is 6. The molecule has 5 rings (SSSR count). The summed E-state index contributed by atoms with van der Waals surface area (Å²) in [6.45, 7) is 2.41. The Hall–Kier alpha value is -3.66. The average molecular weight is 438 g/mol. The quantitative estimate of drug-likeness (QED) is 0.471. The number of halogens is 2. The van der Waals surface area contributed by atoms with Gasteiger partial charge in [0.05, 0.1) is 31.5 Å². The zero-order chi connectivity index (χ0) is 22.1. The van der Waals surface area contributed by atoms with Gasteiger partial charge in [0.2, 0.25) is 5.95 Å². The van der Waals surface area contributed by atoms with E-state index >= 15 is 0 Å². The van der Waals surface area contributed by atoms with Crippen molar-refractivity contribution in [1.82, 2.24) is 24.5 Å². The van der Waals surface area contributed by atoms with Crippen LogP contribution in [-0.2, 0) is 4.74 Å². The van der Waals surface area contributed by atoms with Crippen molar-refractivity contribution in [3.63, 3.8) is 0 Å². The highest BCUT2D eigenvalue weighted by Crippen LogP contribution is 2.33. The molecule has 0 amide bonds. The second-order valence-electron chi connectivity index (χ2n) is 7.19. The summed E-state index contributed by atoms with van der Waals surface area (Å²) in [6, 6.07) is 10.6. The van der Waals surface area contributed by atoms with Crippen molar-refractivity contribution >= 4 is 16.9 Å². The summed E-state index contributed by atoms with van der Waals surface area (Å²) in [5.74, 6) is 0.696. The van der Waals surface area contributed by atoms with Crippen LogP contribution >= 0.6 is 0 Å². The maximum absolute atomic E-state index is 14.0. The van der Waals surface area contributed by atoms with Crippen molar-refractivity contribution in [2.75, 3.05) is 38.3 Å². The number of benzene rings is 1. The van der Waals surface area contributed by atoms with Crippen LogP contribution in [0.3, 0.4) is 0 Å². The summed E-state index contributed by atoms with van der Waals surface area (Å²) in [7, 11) is 1.48. The fourth-order valence-electron chi connectivity index (χ4n) is 3.75. The lowest BCUT2D eigenvalue weighted by atomic mass is 10.2. The second-order valence-corrected chi connectivity index (χ2v) is 7.19. The molecule has 0 radical (unpaired) electrons. The number of hydrogen-bond acceptors (Lipinski definition) is 7. The molecular formula is C22H20F2N6O2. The molecule has 0 N–H and O–H groups in total. The summed E-state index contributed by atoms with van der Waals surface area (Å²) >= 11 is 0. The van der Waals surface area contributed by atoms with E-state index in [0.29, 0.717) is 54.6 Å². The maximum Gasteiger partial charge on any atom is 0.296 e. The number of rotatable bonds is 5. The number of fused-ring (bicyclic) bond motifs is 1. The molecule has 0 atom stereocenters. The zero-order valence-electron chi connectivity index (χ0n) is 17.3. The van der Waals surface area contributed by atoms with Gasteiger partial charge in [-0.1, -0.05) is 6.07 Å². The summed E-state index contributed by atoms with van der Waals surface area (Å²) < 4.78 is 40.2. The van der Waals surface area contributed by atoms with Gasteiger partial charge in [-0.05, 0) is 24.3 Å². The van der Waals surface area contributed by atoms with Crippen LogP contribution in [0.25, 0.3) is 28.2 Å². The molecule has 1 aliphatic rings. The summed E-state index contributed by atoms with van der Waals surface area (Å²) in [4.78, 5) is 19.7. The lowest BCUT2D eigenvalue weighted by molar-refractivity contribution is 0.122. The van der Waals surface area contributed by atoms with Gasteiger partial charge in [-0.25, -0.2) is 18.7 Å². The van der Waals surface area contributed by atoms with Gasteiger partial charge in [0.15, 0.2) is 5.82 Å². The molecule has 1 saturated heterocycles. The van der Waals surface area contributed by atoms with E-state index < -0.39 is 12.2 Å². The van der Waals surface area contributed by atoms with Gasteiger partial charge in [0.1, 0.15) is 17.1 Å². The molecule has 32 heavy (non-hydrogen) atoms. The third-order valence-electron chi connectivity index (χ3n) is 5.28. The second kappa shape index (κ2) is 8.46. The van der Waals surface area contributed by atoms with Crippen LogP contribution in [0, 0.1) is 0 Å². The van der Waals surface area contributed by atoms with Gasteiger partial charge in [0.25, 0.3) is 6.43 Å². The molecule has 1 aromatic carbocycles. The molecule has 4 aromatic rings. The van der Waals surface area contributed by atoms with E-state index in [1.807, 2.05) is 12.1 Å². The Balaban J connectivity index is 1.76. The highest BCUT2D eigenvalue weighted by molar-refractivity contribution is 5.84. The highest BCUT2D eigenvalue weighted by atomic mass is 19.3. The topological polar surface area (TPSA) is 78.2 Å². The highest BCUT2D eigenvalue weighted by Gasteiger charge is 2.25. The van der Waals surface area contributed by atoms with Crippen LogP contribution in [0.15, 0.2) is 48.8 Å². The fraction of sp³-hybridized carbons (Fsp3) is 0.273. The molecule has 0 saturated carbocycles. The first-order valence-corrected chi connectivity index (χ1v) is 10.1. The summed E-state index contributed by atoms with van der Waals surface area (Å²) in [5.41, 5.74) is 2.10. The van der Waals surface area contributed by atoms with Gasteiger partial charge in [0, 0.05) is 37.1 Å². The minimum Gasteiger partial charge on any atom is -0.494 e. The molecule has 4 heterocycles. The molecule has 3 aromatic heterocycles. The third kappa shape index (κ3) is 3.62. The Labute approximate surface area is 182 Å². The largest absolute Gasteiger partial charge is 0.494 e. The van der Waals surface area contributed by atoms with Gasteiger partial charge in [-0.15, -0.1) is 0 Å². The zero-order valence-corrected chi connectivity index (χ0v) is 17.3. The number of hydrogen-bond donors (Lipinski definition) is 0. The monoisotopic (exact) mass is 438 g/mol. The van der Waals surface area contributed by atoms with Crippen LogP contribution in [0.5, 0.6) is 5.75 Å². The van der Waals surface area contributed by atoms with Crippen LogP contribution < -0.4 is 9.64 Å². The number of alkyl halides is 2. The maximum atomic E-state index is 14.0. The first kappa shape index (κ1) is 20.3. The minimum atomic E-state index is -2.83. The van der Waals surface area contributed by atoms with Gasteiger partial charge in [-0.3, -0.25) is 9.55 Å². The lowest BCUT2D eigenvalue weighted by Gasteiger charge is -2.28. The van der Waals surface area contributed by atoms with Crippen molar-refractivity contribution in [1.29, 1.82) is 0 Å². The number of imidazole rings is 1. The number of pyridine rings is 1. The Morgan fingerprint density at radius 3 is 2.62 bits per heavy atom. The molecular weight excluding hydrogens is 418 g/mol. The molecule has 0 bridgehead atoms. The Bertz CT molecular complexity index is 1240. The third-order valence-corrected chi connectivity index (χ3v) is 5.28. The number of methoxy groups -OCH3 is 1. The molecule has 164 valence electrons. The van der Waals surface area contributed by atoms with Crippen LogP contribution in [0.4, 0.5) is 14.6 Å². The van der Waals surface area contributed by atoms with Crippen LogP contribution in [0.2, 0.25) is 0 Å². The molecule has 0 aliphatic carbocycles. The average Bonchev–Trinajstić information content (AvgIpc) is 3.25. The number of para-hydroxylation sites is 1. The lowest BCUT2D eigenvalue weighted by Crippen LogP contribution is -2.37. The Morgan fingerprint density at radius 1 is 1.06 bits per heavy atom. The van der Waals surface area contributed by atoms with Crippen LogP contribution in [-0.4, -0.2) is 57.9 Å². The van der Waals surface area contributed by atoms with E-state index in [-0.39, 0.29) is 5.95 Å². The van der Waals surface area contributed by atoms with Crippen molar-refractivity contribution in [3.8, 4) is 23.0 Å². The molecule has 0 spiro atoms. The Morgan fingerprint density at radius 2 is 1.91 bits per heavy atom. The predicted molar refractivity (Wildman–Crippen MR) is 114 cm³/mol. The van der Waals surface area contributed by atoms with Crippen molar-refractivity contribution in [2.45, 2.75) is 6.43 Å². The number of anilines is 1. The van der Waals surface area contributed by atoms with E-state index in [1.54, 1.807) is 36.7 Å². The van der Waals surface area contributed by atoms with E-state index in [4.69, 9.17) is 9.47 Å². The molecule has 8 nitrogen and oxygen atoms in total. The van der Waals surface area contributed by atoms with Crippen LogP contribution in [0.1, 0.15) is 12.2 Å². The normalized spacial score (nSPS) is 14.3. The van der Waals surface area contributed by atoms with E-state index in [1.165, 1.54) is 11.7 Å². The fourth-order valence-corrected chi connectivity index (χ4v) is 3.75. The van der Waals surface area contributed by atoms with Crippen molar-refractivity contribution in [2.24, 2.45) is 0 Å². The van der Waals surface area contributed by atoms with Gasteiger partial charge < -0.3 is 14.4 Å². The van der Waals surface area contributed by atoms with Gasteiger partial charge >= 0.3 is 0 Å². The number of ether oxygens (including phenoxy) is 2. The summed E-state index contributed by atoms with van der Waals surface area (Å²) in [6.07, 6.45) is 0.515. The predicted octanol–water partition coefficient (Wildman–Crippen LogP) is 3.66. The minimum absolute atomic E-state index is 0.110. The van der Waals surface area contributed by atoms with Gasteiger partial charge in [-0.2, -0.15) is 4.98 Å². The van der Waals surface area contributed by atoms with E-state index in [9.17, 15) is 8.78 Å². The molecule has 1 fully saturated rings.